The van der Waals surface area contributed by atoms with Crippen molar-refractivity contribution in [3.63, 3.8) is 0 Å². The van der Waals surface area contributed by atoms with Crippen LogP contribution in [0.25, 0.3) is 0 Å². The molecule has 1 aliphatic rings. The van der Waals surface area contributed by atoms with E-state index >= 15 is 0 Å². The molecule has 94 valence electrons. The van der Waals surface area contributed by atoms with Gasteiger partial charge in [-0.05, 0) is 32.8 Å². The Morgan fingerprint density at radius 3 is 2.88 bits per heavy atom. The van der Waals surface area contributed by atoms with E-state index in [9.17, 15) is 0 Å². The molecular weight excluding hydrogens is 208 g/mol. The van der Waals surface area contributed by atoms with Crippen LogP contribution in [0, 0.1) is 6.92 Å². The lowest BCUT2D eigenvalue weighted by Gasteiger charge is -2.43. The number of aryl methyl sites for hydroxylation is 1. The van der Waals surface area contributed by atoms with Gasteiger partial charge in [0.2, 0.25) is 0 Å². The summed E-state index contributed by atoms with van der Waals surface area (Å²) in [4.78, 5) is 2.60. The van der Waals surface area contributed by atoms with Crippen LogP contribution < -0.4 is 5.32 Å². The highest BCUT2D eigenvalue weighted by molar-refractivity contribution is 5.22. The third kappa shape index (κ3) is 3.30. The van der Waals surface area contributed by atoms with E-state index in [4.69, 9.17) is 0 Å². The number of rotatable bonds is 3. The van der Waals surface area contributed by atoms with Gasteiger partial charge < -0.3 is 5.32 Å². The van der Waals surface area contributed by atoms with Crippen molar-refractivity contribution in [2.45, 2.75) is 32.7 Å². The topological polar surface area (TPSA) is 15.3 Å². The summed E-state index contributed by atoms with van der Waals surface area (Å²) in [6.45, 7) is 11.4. The van der Waals surface area contributed by atoms with E-state index in [1.165, 1.54) is 17.7 Å². The van der Waals surface area contributed by atoms with Crippen molar-refractivity contribution in [3.05, 3.63) is 35.4 Å². The Bertz CT molecular complexity index is 371. The fourth-order valence-electron chi connectivity index (χ4n) is 2.57. The monoisotopic (exact) mass is 232 g/mol. The molecule has 0 bridgehead atoms. The van der Waals surface area contributed by atoms with E-state index in [2.05, 4.69) is 55.3 Å². The lowest BCUT2D eigenvalue weighted by atomic mass is 9.99. The maximum Gasteiger partial charge on any atom is 0.0278 e. The van der Waals surface area contributed by atoms with Crippen LogP contribution in [0.2, 0.25) is 0 Å². The molecular formula is C15H24N2. The molecule has 0 spiro atoms. The van der Waals surface area contributed by atoms with E-state index < -0.39 is 0 Å². The summed E-state index contributed by atoms with van der Waals surface area (Å²) in [6.07, 6.45) is 1.16. The molecule has 1 aliphatic heterocycles. The molecule has 0 aromatic heterocycles. The summed E-state index contributed by atoms with van der Waals surface area (Å²) in [5.41, 5.74) is 3.11. The van der Waals surface area contributed by atoms with Crippen molar-refractivity contribution in [3.8, 4) is 0 Å². The van der Waals surface area contributed by atoms with Gasteiger partial charge in [0.15, 0.2) is 0 Å². The van der Waals surface area contributed by atoms with Gasteiger partial charge in [-0.2, -0.15) is 0 Å². The van der Waals surface area contributed by atoms with E-state index in [-0.39, 0.29) is 0 Å². The van der Waals surface area contributed by atoms with Crippen LogP contribution in [0.4, 0.5) is 0 Å². The number of benzene rings is 1. The predicted molar refractivity (Wildman–Crippen MR) is 73.4 cm³/mol. The maximum atomic E-state index is 3.47. The van der Waals surface area contributed by atoms with Crippen molar-refractivity contribution in [2.75, 3.05) is 26.2 Å². The van der Waals surface area contributed by atoms with Crippen molar-refractivity contribution < 1.29 is 0 Å². The molecule has 1 aromatic carbocycles. The summed E-state index contributed by atoms with van der Waals surface area (Å²) in [6, 6.07) is 8.86. The van der Waals surface area contributed by atoms with E-state index in [0.29, 0.717) is 5.54 Å². The normalized spacial score (nSPS) is 20.4. The van der Waals surface area contributed by atoms with Crippen molar-refractivity contribution in [1.82, 2.24) is 10.2 Å². The Morgan fingerprint density at radius 1 is 1.35 bits per heavy atom. The lowest BCUT2D eigenvalue weighted by molar-refractivity contribution is 0.0921. The Morgan fingerprint density at radius 2 is 2.18 bits per heavy atom. The maximum absolute atomic E-state index is 3.47. The van der Waals surface area contributed by atoms with Crippen LogP contribution in [0.1, 0.15) is 25.0 Å². The summed E-state index contributed by atoms with van der Waals surface area (Å²) in [5, 5.41) is 3.47. The minimum Gasteiger partial charge on any atom is -0.314 e. The Kier molecular flexibility index (Phi) is 3.85. The largest absolute Gasteiger partial charge is 0.314 e. The number of hydrogen-bond donors (Lipinski definition) is 1. The van der Waals surface area contributed by atoms with Gasteiger partial charge in [0, 0.05) is 31.7 Å². The van der Waals surface area contributed by atoms with Crippen LogP contribution in [-0.2, 0) is 6.42 Å². The minimum absolute atomic E-state index is 0.294. The van der Waals surface area contributed by atoms with E-state index in [0.717, 1.165) is 26.1 Å². The van der Waals surface area contributed by atoms with Gasteiger partial charge in [0.25, 0.3) is 0 Å². The lowest BCUT2D eigenvalue weighted by Crippen LogP contribution is -2.58. The standard InChI is InChI=1S/C15H24N2/c1-13-5-4-6-14(11-13)7-9-17-10-8-16-12-15(17,2)3/h4-6,11,16H,7-10,12H2,1-3H3. The first-order valence-electron chi connectivity index (χ1n) is 6.59. The van der Waals surface area contributed by atoms with E-state index in [1.807, 2.05) is 0 Å². The molecule has 0 unspecified atom stereocenters. The Labute approximate surface area is 105 Å². The first kappa shape index (κ1) is 12.6. The Hall–Kier alpha value is -0.860. The van der Waals surface area contributed by atoms with Crippen molar-refractivity contribution in [2.24, 2.45) is 0 Å². The van der Waals surface area contributed by atoms with Gasteiger partial charge in [-0.3, -0.25) is 4.90 Å². The molecule has 0 saturated carbocycles. The summed E-state index contributed by atoms with van der Waals surface area (Å²) in [5.74, 6) is 0. The van der Waals surface area contributed by atoms with Crippen molar-refractivity contribution in [1.29, 1.82) is 0 Å². The third-order valence-corrected chi connectivity index (χ3v) is 3.73. The zero-order valence-electron chi connectivity index (χ0n) is 11.3. The highest BCUT2D eigenvalue weighted by Gasteiger charge is 2.28. The number of nitrogens with one attached hydrogen (secondary N) is 1. The van der Waals surface area contributed by atoms with Crippen LogP contribution in [0.5, 0.6) is 0 Å². The fraction of sp³-hybridized carbons (Fsp3) is 0.600. The molecule has 0 radical (unpaired) electrons. The number of nitrogens with zero attached hydrogens (tertiary/aromatic N) is 1. The van der Waals surface area contributed by atoms with Crippen molar-refractivity contribution >= 4 is 0 Å². The minimum atomic E-state index is 0.294. The summed E-state index contributed by atoms with van der Waals surface area (Å²) >= 11 is 0. The van der Waals surface area contributed by atoms with Gasteiger partial charge >= 0.3 is 0 Å². The molecule has 1 aromatic rings. The average Bonchev–Trinajstić information content (AvgIpc) is 2.27. The summed E-state index contributed by atoms with van der Waals surface area (Å²) in [7, 11) is 0. The average molecular weight is 232 g/mol. The molecule has 2 heteroatoms. The van der Waals surface area contributed by atoms with Gasteiger partial charge in [-0.1, -0.05) is 29.8 Å². The number of hydrogen-bond acceptors (Lipinski definition) is 2. The second kappa shape index (κ2) is 5.19. The molecule has 2 rings (SSSR count). The number of piperazine rings is 1. The SMILES string of the molecule is Cc1cccc(CCN2CCNCC2(C)C)c1. The van der Waals surface area contributed by atoms with Gasteiger partial charge in [0.1, 0.15) is 0 Å². The van der Waals surface area contributed by atoms with E-state index in [1.54, 1.807) is 0 Å². The molecule has 1 saturated heterocycles. The molecule has 1 N–H and O–H groups in total. The summed E-state index contributed by atoms with van der Waals surface area (Å²) < 4.78 is 0. The van der Waals surface area contributed by atoms with Crippen LogP contribution in [0.3, 0.4) is 0 Å². The predicted octanol–water partition coefficient (Wildman–Crippen LogP) is 2.22. The van der Waals surface area contributed by atoms with Gasteiger partial charge in [-0.25, -0.2) is 0 Å². The van der Waals surface area contributed by atoms with Crippen LogP contribution in [-0.4, -0.2) is 36.6 Å². The second-order valence-corrected chi connectivity index (χ2v) is 5.72. The molecule has 17 heavy (non-hydrogen) atoms. The van der Waals surface area contributed by atoms with Gasteiger partial charge in [-0.15, -0.1) is 0 Å². The zero-order valence-corrected chi connectivity index (χ0v) is 11.3. The smallest absolute Gasteiger partial charge is 0.0278 e. The molecule has 0 amide bonds. The zero-order chi connectivity index (χ0) is 12.3. The third-order valence-electron chi connectivity index (χ3n) is 3.73. The quantitative estimate of drug-likeness (QED) is 0.859. The first-order valence-corrected chi connectivity index (χ1v) is 6.59. The van der Waals surface area contributed by atoms with Crippen LogP contribution in [0.15, 0.2) is 24.3 Å². The Balaban J connectivity index is 1.93. The molecule has 1 heterocycles. The fourth-order valence-corrected chi connectivity index (χ4v) is 2.57. The second-order valence-electron chi connectivity index (χ2n) is 5.72. The highest BCUT2D eigenvalue weighted by atomic mass is 15.2. The molecule has 2 nitrogen and oxygen atoms in total. The first-order chi connectivity index (χ1) is 8.08. The molecule has 0 aliphatic carbocycles. The molecule has 0 atom stereocenters. The molecule has 1 fully saturated rings. The van der Waals surface area contributed by atoms with Crippen LogP contribution >= 0.6 is 0 Å². The van der Waals surface area contributed by atoms with Gasteiger partial charge in [0.05, 0.1) is 0 Å². The highest BCUT2D eigenvalue weighted by Crippen LogP contribution is 2.17.